The molecule has 1 aromatic rings. The molecule has 0 aliphatic rings. The van der Waals surface area contributed by atoms with Crippen molar-refractivity contribution in [3.05, 3.63) is 35.9 Å². The molecule has 0 aromatic heterocycles. The van der Waals surface area contributed by atoms with Crippen molar-refractivity contribution in [2.24, 2.45) is 0 Å². The van der Waals surface area contributed by atoms with Crippen LogP contribution in [0.5, 0.6) is 0 Å². The minimum atomic E-state index is -1.28. The Kier molecular flexibility index (Phi) is 18.1. The quantitative estimate of drug-likeness (QED) is 0.145. The van der Waals surface area contributed by atoms with Crippen LogP contribution >= 0.6 is 0 Å². The van der Waals surface area contributed by atoms with E-state index in [2.05, 4.69) is 12.2 Å². The topological polar surface area (TPSA) is 102 Å². The van der Waals surface area contributed by atoms with Gasteiger partial charge in [0.05, 0.1) is 13.0 Å². The Hall–Kier alpha value is -2.57. The van der Waals surface area contributed by atoms with Crippen LogP contribution in [-0.2, 0) is 25.7 Å². The van der Waals surface area contributed by atoms with Crippen LogP contribution in [0.4, 0.5) is 4.79 Å². The lowest BCUT2D eigenvalue weighted by atomic mass is 10.0. The Labute approximate surface area is 211 Å². The average Bonchev–Trinajstić information content (AvgIpc) is 2.85. The van der Waals surface area contributed by atoms with Gasteiger partial charge in [0.25, 0.3) is 0 Å². The number of carbonyl (C=O) groups is 3. The fourth-order valence-electron chi connectivity index (χ4n) is 3.84. The van der Waals surface area contributed by atoms with Crippen molar-refractivity contribution in [1.29, 1.82) is 0 Å². The van der Waals surface area contributed by atoms with E-state index >= 15 is 0 Å². The number of nitrogens with one attached hydrogen (secondary N) is 1. The number of carboxylic acid groups (broad SMARTS) is 1. The van der Waals surface area contributed by atoms with Gasteiger partial charge in [-0.25, -0.2) is 9.59 Å². The summed E-state index contributed by atoms with van der Waals surface area (Å²) in [6.07, 6.45) is 15.9. The van der Waals surface area contributed by atoms with Crippen LogP contribution < -0.4 is 5.32 Å². The molecule has 2 N–H and O–H groups in total. The first-order valence-corrected chi connectivity index (χ1v) is 13.4. The molecule has 1 amide bonds. The van der Waals surface area contributed by atoms with E-state index in [4.69, 9.17) is 14.6 Å². The van der Waals surface area contributed by atoms with Crippen LogP contribution in [0.3, 0.4) is 0 Å². The van der Waals surface area contributed by atoms with Gasteiger partial charge in [0, 0.05) is 0 Å². The average molecular weight is 492 g/mol. The summed E-state index contributed by atoms with van der Waals surface area (Å²) in [6.45, 7) is 2.49. The van der Waals surface area contributed by atoms with Crippen molar-refractivity contribution >= 4 is 18.0 Å². The van der Waals surface area contributed by atoms with Gasteiger partial charge in [-0.05, 0) is 12.0 Å². The number of rotatable bonds is 21. The Morgan fingerprint density at radius 2 is 1.29 bits per heavy atom. The Bertz CT molecular complexity index is 694. The van der Waals surface area contributed by atoms with E-state index in [-0.39, 0.29) is 13.2 Å². The van der Waals surface area contributed by atoms with E-state index in [0.29, 0.717) is 0 Å². The fourth-order valence-corrected chi connectivity index (χ4v) is 3.84. The molecule has 0 bridgehead atoms. The zero-order valence-corrected chi connectivity index (χ0v) is 21.5. The second-order valence-electron chi connectivity index (χ2n) is 9.12. The van der Waals surface area contributed by atoms with Gasteiger partial charge in [-0.15, -0.1) is 0 Å². The van der Waals surface area contributed by atoms with Gasteiger partial charge in [0.1, 0.15) is 12.6 Å². The number of hydrogen-bond acceptors (Lipinski definition) is 5. The minimum Gasteiger partial charge on any atom is -0.481 e. The first kappa shape index (κ1) is 30.5. The van der Waals surface area contributed by atoms with E-state index in [1.807, 2.05) is 18.2 Å². The Morgan fingerprint density at radius 3 is 1.80 bits per heavy atom. The highest BCUT2D eigenvalue weighted by Crippen LogP contribution is 2.13. The third-order valence-electron chi connectivity index (χ3n) is 5.91. The molecule has 0 heterocycles. The maximum Gasteiger partial charge on any atom is 0.408 e. The number of hydrogen-bond donors (Lipinski definition) is 2. The molecule has 1 aromatic carbocycles. The number of ether oxygens (including phenoxy) is 2. The smallest absolute Gasteiger partial charge is 0.408 e. The molecular formula is C28H45NO6. The second kappa shape index (κ2) is 20.8. The number of unbranched alkanes of at least 4 members (excludes halogenated alkanes) is 13. The van der Waals surface area contributed by atoms with Crippen LogP contribution in [0.2, 0.25) is 0 Å². The van der Waals surface area contributed by atoms with Crippen LogP contribution in [0, 0.1) is 0 Å². The molecule has 0 aliphatic heterocycles. The van der Waals surface area contributed by atoms with Crippen molar-refractivity contribution in [1.82, 2.24) is 5.32 Å². The molecule has 198 valence electrons. The molecule has 1 atom stereocenters. The SMILES string of the molecule is CCCCCCCCCCCCCCCCOC(=O)[C@H](CC(=O)O)NC(=O)OCc1ccccc1. The molecular weight excluding hydrogens is 446 g/mol. The van der Waals surface area contributed by atoms with E-state index in [0.717, 1.165) is 24.8 Å². The molecule has 0 saturated heterocycles. The molecule has 0 saturated carbocycles. The summed E-state index contributed by atoms with van der Waals surface area (Å²) in [5, 5.41) is 11.4. The molecule has 0 aliphatic carbocycles. The number of carbonyl (C=O) groups excluding carboxylic acids is 2. The molecule has 35 heavy (non-hydrogen) atoms. The molecule has 0 spiro atoms. The maximum atomic E-state index is 12.3. The summed E-state index contributed by atoms with van der Waals surface area (Å²) >= 11 is 0. The van der Waals surface area contributed by atoms with Gasteiger partial charge in [-0.1, -0.05) is 121 Å². The van der Waals surface area contributed by atoms with Gasteiger partial charge in [-0.2, -0.15) is 0 Å². The van der Waals surface area contributed by atoms with Crippen LogP contribution in [0.25, 0.3) is 0 Å². The molecule has 0 radical (unpaired) electrons. The Balaban J connectivity index is 2.08. The number of alkyl carbamates (subject to hydrolysis) is 1. The number of esters is 1. The van der Waals surface area contributed by atoms with Gasteiger partial charge in [-0.3, -0.25) is 4.79 Å². The molecule has 0 unspecified atom stereocenters. The van der Waals surface area contributed by atoms with E-state index < -0.39 is 30.5 Å². The van der Waals surface area contributed by atoms with E-state index in [1.165, 1.54) is 70.6 Å². The summed E-state index contributed by atoms with van der Waals surface area (Å²) < 4.78 is 10.3. The van der Waals surface area contributed by atoms with Crippen molar-refractivity contribution in [3.63, 3.8) is 0 Å². The normalized spacial score (nSPS) is 11.6. The summed E-state index contributed by atoms with van der Waals surface area (Å²) in [7, 11) is 0. The van der Waals surface area contributed by atoms with Gasteiger partial charge in [0.2, 0.25) is 0 Å². The molecule has 0 fully saturated rings. The summed E-state index contributed by atoms with van der Waals surface area (Å²) in [4.78, 5) is 35.3. The lowest BCUT2D eigenvalue weighted by molar-refractivity contribution is -0.150. The van der Waals surface area contributed by atoms with Crippen molar-refractivity contribution < 1.29 is 29.0 Å². The van der Waals surface area contributed by atoms with E-state index in [1.54, 1.807) is 12.1 Å². The highest BCUT2D eigenvalue weighted by Gasteiger charge is 2.25. The van der Waals surface area contributed by atoms with Gasteiger partial charge < -0.3 is 19.9 Å². The molecule has 7 nitrogen and oxygen atoms in total. The zero-order chi connectivity index (χ0) is 25.6. The highest BCUT2D eigenvalue weighted by atomic mass is 16.6. The van der Waals surface area contributed by atoms with Crippen LogP contribution in [-0.4, -0.2) is 35.8 Å². The number of aliphatic carboxylic acids is 1. The largest absolute Gasteiger partial charge is 0.481 e. The third-order valence-corrected chi connectivity index (χ3v) is 5.91. The first-order chi connectivity index (χ1) is 17.0. The van der Waals surface area contributed by atoms with Crippen molar-refractivity contribution in [2.45, 2.75) is 116 Å². The monoisotopic (exact) mass is 491 g/mol. The summed E-state index contributed by atoms with van der Waals surface area (Å²) in [5.41, 5.74) is 0.790. The standard InChI is InChI=1S/C28H45NO6/c1-2-3-4-5-6-7-8-9-10-11-12-13-14-18-21-34-27(32)25(22-26(30)31)29-28(33)35-23-24-19-16-15-17-20-24/h15-17,19-20,25H,2-14,18,21-23H2,1H3,(H,29,33)(H,30,31)/t25-/m0/s1. The number of benzene rings is 1. The summed E-state index contributed by atoms with van der Waals surface area (Å²) in [6, 6.07) is 7.80. The minimum absolute atomic E-state index is 0.0283. The first-order valence-electron chi connectivity index (χ1n) is 13.4. The van der Waals surface area contributed by atoms with Crippen LogP contribution in [0.15, 0.2) is 30.3 Å². The Morgan fingerprint density at radius 1 is 0.771 bits per heavy atom. The summed E-state index contributed by atoms with van der Waals surface area (Å²) in [5.74, 6) is -1.95. The number of carboxylic acids is 1. The molecule has 1 rings (SSSR count). The van der Waals surface area contributed by atoms with Crippen molar-refractivity contribution in [3.8, 4) is 0 Å². The lowest BCUT2D eigenvalue weighted by Gasteiger charge is -2.16. The zero-order valence-electron chi connectivity index (χ0n) is 21.5. The predicted molar refractivity (Wildman–Crippen MR) is 137 cm³/mol. The van der Waals surface area contributed by atoms with E-state index in [9.17, 15) is 14.4 Å². The predicted octanol–water partition coefficient (Wildman–Crippen LogP) is 6.78. The number of amides is 1. The van der Waals surface area contributed by atoms with Gasteiger partial charge in [0.15, 0.2) is 0 Å². The van der Waals surface area contributed by atoms with Crippen LogP contribution in [0.1, 0.15) is 109 Å². The van der Waals surface area contributed by atoms with Crippen molar-refractivity contribution in [2.75, 3.05) is 6.61 Å². The maximum absolute atomic E-state index is 12.3. The highest BCUT2D eigenvalue weighted by molar-refractivity contribution is 5.85. The molecule has 7 heteroatoms. The fraction of sp³-hybridized carbons (Fsp3) is 0.679. The second-order valence-corrected chi connectivity index (χ2v) is 9.12. The lowest BCUT2D eigenvalue weighted by Crippen LogP contribution is -2.43. The third kappa shape index (κ3) is 17.5. The van der Waals surface area contributed by atoms with Gasteiger partial charge >= 0.3 is 18.0 Å².